The Morgan fingerprint density at radius 2 is 2.10 bits per heavy atom. The van der Waals surface area contributed by atoms with Gasteiger partial charge in [0.25, 0.3) is 0 Å². The van der Waals surface area contributed by atoms with E-state index in [9.17, 15) is 0 Å². The number of nitrogens with zero attached hydrogens (tertiary/aromatic N) is 2. The molecular formula is C15H17BrClN3. The molecule has 1 aromatic carbocycles. The van der Waals surface area contributed by atoms with E-state index in [0.29, 0.717) is 17.0 Å². The summed E-state index contributed by atoms with van der Waals surface area (Å²) < 4.78 is 3.07. The molecule has 5 heteroatoms. The quantitative estimate of drug-likeness (QED) is 0.842. The maximum Gasteiger partial charge on any atom is 0.132 e. The Kier molecular flexibility index (Phi) is 3.55. The molecule has 2 aromatic rings. The van der Waals surface area contributed by atoms with Gasteiger partial charge in [-0.1, -0.05) is 31.5 Å². The molecule has 1 aromatic heterocycles. The Hall–Kier alpha value is -1.00. The lowest BCUT2D eigenvalue weighted by molar-refractivity contribution is 0.646. The van der Waals surface area contributed by atoms with Crippen molar-refractivity contribution < 1.29 is 0 Å². The van der Waals surface area contributed by atoms with Crippen molar-refractivity contribution in [3.05, 3.63) is 33.5 Å². The fraction of sp³-hybridized carbons (Fsp3) is 0.400. The number of hydrogen-bond acceptors (Lipinski definition) is 2. The molecule has 0 spiro atoms. The van der Waals surface area contributed by atoms with Gasteiger partial charge in [0.2, 0.25) is 0 Å². The number of nitrogens with two attached hydrogens (primary N) is 1. The number of halogens is 2. The highest BCUT2D eigenvalue weighted by Crippen LogP contribution is 2.42. The minimum atomic E-state index is 0.363. The third kappa shape index (κ3) is 2.35. The fourth-order valence-corrected chi connectivity index (χ4v) is 2.94. The van der Waals surface area contributed by atoms with Crippen molar-refractivity contribution in [2.75, 3.05) is 5.73 Å². The van der Waals surface area contributed by atoms with Crippen molar-refractivity contribution in [3.8, 4) is 11.3 Å². The summed E-state index contributed by atoms with van der Waals surface area (Å²) >= 11 is 9.51. The maximum absolute atomic E-state index is 6.36. The molecule has 1 aliphatic rings. The molecule has 0 unspecified atom stereocenters. The normalized spacial score (nSPS) is 15.1. The molecule has 3 nitrogen and oxygen atoms in total. The van der Waals surface area contributed by atoms with Crippen LogP contribution in [0.15, 0.2) is 22.7 Å². The van der Waals surface area contributed by atoms with Gasteiger partial charge in [0, 0.05) is 22.0 Å². The van der Waals surface area contributed by atoms with Crippen LogP contribution in [-0.2, 0) is 0 Å². The molecule has 0 bridgehead atoms. The van der Waals surface area contributed by atoms with Crippen LogP contribution in [0.1, 0.15) is 44.5 Å². The van der Waals surface area contributed by atoms with E-state index in [-0.39, 0.29) is 0 Å². The van der Waals surface area contributed by atoms with Gasteiger partial charge in [-0.3, -0.25) is 0 Å². The topological polar surface area (TPSA) is 43.8 Å². The number of imidazole rings is 1. The summed E-state index contributed by atoms with van der Waals surface area (Å²) in [4.78, 5) is 4.79. The first kappa shape index (κ1) is 14.0. The minimum Gasteiger partial charge on any atom is -0.383 e. The molecule has 1 fully saturated rings. The zero-order chi connectivity index (χ0) is 14.4. The number of anilines is 1. The van der Waals surface area contributed by atoms with E-state index in [1.807, 2.05) is 18.2 Å². The largest absolute Gasteiger partial charge is 0.383 e. The first-order chi connectivity index (χ1) is 9.49. The van der Waals surface area contributed by atoms with Gasteiger partial charge in [0.05, 0.1) is 5.02 Å². The van der Waals surface area contributed by atoms with Gasteiger partial charge < -0.3 is 10.3 Å². The fourth-order valence-electron chi connectivity index (χ4n) is 2.44. The summed E-state index contributed by atoms with van der Waals surface area (Å²) in [5.74, 6) is 2.21. The molecule has 1 heterocycles. The van der Waals surface area contributed by atoms with Crippen LogP contribution >= 0.6 is 27.5 Å². The average Bonchev–Trinajstić information content (AvgIpc) is 3.16. The summed E-state index contributed by atoms with van der Waals surface area (Å²) in [6.45, 7) is 4.31. The van der Waals surface area contributed by atoms with E-state index >= 15 is 0 Å². The summed E-state index contributed by atoms with van der Waals surface area (Å²) in [5.41, 5.74) is 8.21. The molecule has 20 heavy (non-hydrogen) atoms. The van der Waals surface area contributed by atoms with Crippen LogP contribution < -0.4 is 5.73 Å². The van der Waals surface area contributed by atoms with Crippen LogP contribution in [0.5, 0.6) is 0 Å². The van der Waals surface area contributed by atoms with Crippen molar-refractivity contribution in [1.29, 1.82) is 0 Å². The minimum absolute atomic E-state index is 0.363. The zero-order valence-corrected chi connectivity index (χ0v) is 13.9. The average molecular weight is 355 g/mol. The molecule has 106 valence electrons. The van der Waals surface area contributed by atoms with E-state index in [1.165, 1.54) is 12.8 Å². The summed E-state index contributed by atoms with van der Waals surface area (Å²) in [6.07, 6.45) is 2.40. The molecule has 2 N–H and O–H groups in total. The standard InChI is InChI=1S/C15H17BrClN3/c1-8(2)15-19-13(14(18)20(15)10-4-5-10)9-3-6-12(17)11(16)7-9/h3,6-8,10H,4-5,18H2,1-2H3. The monoisotopic (exact) mass is 353 g/mol. The Labute approximate surface area is 132 Å². The lowest BCUT2D eigenvalue weighted by atomic mass is 10.1. The molecular weight excluding hydrogens is 338 g/mol. The van der Waals surface area contributed by atoms with Crippen LogP contribution in [-0.4, -0.2) is 9.55 Å². The molecule has 0 radical (unpaired) electrons. The summed E-state index contributed by atoms with van der Waals surface area (Å²) in [6, 6.07) is 6.34. The van der Waals surface area contributed by atoms with Crippen molar-refractivity contribution in [3.63, 3.8) is 0 Å². The van der Waals surface area contributed by atoms with Crippen molar-refractivity contribution in [2.45, 2.75) is 38.6 Å². The lowest BCUT2D eigenvalue weighted by Gasteiger charge is -2.10. The van der Waals surface area contributed by atoms with Gasteiger partial charge in [-0.25, -0.2) is 4.98 Å². The van der Waals surface area contributed by atoms with E-state index in [0.717, 1.165) is 27.4 Å². The van der Waals surface area contributed by atoms with Gasteiger partial charge in [0.15, 0.2) is 0 Å². The van der Waals surface area contributed by atoms with Gasteiger partial charge in [0.1, 0.15) is 17.3 Å². The Balaban J connectivity index is 2.13. The van der Waals surface area contributed by atoms with Crippen LogP contribution in [0, 0.1) is 0 Å². The zero-order valence-electron chi connectivity index (χ0n) is 11.5. The Morgan fingerprint density at radius 1 is 1.40 bits per heavy atom. The lowest BCUT2D eigenvalue weighted by Crippen LogP contribution is -2.06. The second kappa shape index (κ2) is 5.08. The van der Waals surface area contributed by atoms with Crippen LogP contribution in [0.2, 0.25) is 5.02 Å². The van der Waals surface area contributed by atoms with E-state index < -0.39 is 0 Å². The van der Waals surface area contributed by atoms with Crippen molar-refractivity contribution in [1.82, 2.24) is 9.55 Å². The molecule has 0 amide bonds. The molecule has 0 aliphatic heterocycles. The highest BCUT2D eigenvalue weighted by Gasteiger charge is 2.30. The highest BCUT2D eigenvalue weighted by atomic mass is 79.9. The van der Waals surface area contributed by atoms with Crippen LogP contribution in [0.25, 0.3) is 11.3 Å². The van der Waals surface area contributed by atoms with Gasteiger partial charge >= 0.3 is 0 Å². The van der Waals surface area contributed by atoms with E-state index in [2.05, 4.69) is 34.3 Å². The molecule has 3 rings (SSSR count). The Morgan fingerprint density at radius 3 is 2.65 bits per heavy atom. The van der Waals surface area contributed by atoms with Crippen LogP contribution in [0.3, 0.4) is 0 Å². The second-order valence-corrected chi connectivity index (χ2v) is 6.85. The maximum atomic E-state index is 6.36. The Bertz CT molecular complexity index is 659. The summed E-state index contributed by atoms with van der Waals surface area (Å²) in [5, 5.41) is 0.693. The number of rotatable bonds is 3. The molecule has 1 aliphatic carbocycles. The number of nitrogen functional groups attached to an aromatic ring is 1. The van der Waals surface area contributed by atoms with Crippen molar-refractivity contribution >= 4 is 33.3 Å². The van der Waals surface area contributed by atoms with Gasteiger partial charge in [-0.05, 0) is 40.9 Å². The van der Waals surface area contributed by atoms with Crippen molar-refractivity contribution in [2.24, 2.45) is 0 Å². The third-order valence-corrected chi connectivity index (χ3v) is 4.81. The van der Waals surface area contributed by atoms with Gasteiger partial charge in [-0.15, -0.1) is 0 Å². The predicted octanol–water partition coefficient (Wildman–Crippen LogP) is 5.01. The number of aromatic nitrogens is 2. The number of benzene rings is 1. The van der Waals surface area contributed by atoms with E-state index in [4.69, 9.17) is 22.3 Å². The smallest absolute Gasteiger partial charge is 0.132 e. The first-order valence-electron chi connectivity index (χ1n) is 6.82. The third-order valence-electron chi connectivity index (χ3n) is 3.60. The van der Waals surface area contributed by atoms with Crippen LogP contribution in [0.4, 0.5) is 5.82 Å². The SMILES string of the molecule is CC(C)c1nc(-c2ccc(Cl)c(Br)c2)c(N)n1C1CC1. The highest BCUT2D eigenvalue weighted by molar-refractivity contribution is 9.10. The number of hydrogen-bond donors (Lipinski definition) is 1. The predicted molar refractivity (Wildman–Crippen MR) is 87.1 cm³/mol. The van der Waals surface area contributed by atoms with Gasteiger partial charge in [-0.2, -0.15) is 0 Å². The summed E-state index contributed by atoms with van der Waals surface area (Å²) in [7, 11) is 0. The first-order valence-corrected chi connectivity index (χ1v) is 7.99. The second-order valence-electron chi connectivity index (χ2n) is 5.59. The molecule has 0 atom stereocenters. The molecule has 1 saturated carbocycles. The molecule has 0 saturated heterocycles. The van der Waals surface area contributed by atoms with E-state index in [1.54, 1.807) is 0 Å².